The van der Waals surface area contributed by atoms with Crippen molar-refractivity contribution in [1.82, 2.24) is 5.32 Å². The first-order chi connectivity index (χ1) is 8.72. The van der Waals surface area contributed by atoms with Crippen molar-refractivity contribution in [1.29, 1.82) is 0 Å². The molecule has 1 heterocycles. The maximum atomic E-state index is 13.4. The van der Waals surface area contributed by atoms with Crippen LogP contribution in [0.15, 0.2) is 24.3 Å². The van der Waals surface area contributed by atoms with Crippen LogP contribution in [0, 0.1) is 11.7 Å². The summed E-state index contributed by atoms with van der Waals surface area (Å²) in [5.74, 6) is 0.265. The molecule has 0 bridgehead atoms. The van der Waals surface area contributed by atoms with Crippen LogP contribution >= 0.6 is 0 Å². The van der Waals surface area contributed by atoms with Crippen LogP contribution < -0.4 is 5.32 Å². The first-order valence-electron chi connectivity index (χ1n) is 6.83. The van der Waals surface area contributed by atoms with Gasteiger partial charge < -0.3 is 10.1 Å². The normalized spacial score (nSPS) is 25.3. The summed E-state index contributed by atoms with van der Waals surface area (Å²) in [6.45, 7) is 6.01. The van der Waals surface area contributed by atoms with Gasteiger partial charge in [0.2, 0.25) is 0 Å². The van der Waals surface area contributed by atoms with E-state index in [0.29, 0.717) is 5.92 Å². The molecule has 0 aromatic heterocycles. The van der Waals surface area contributed by atoms with Gasteiger partial charge in [-0.05, 0) is 44.0 Å². The summed E-state index contributed by atoms with van der Waals surface area (Å²) in [6.07, 6.45) is 2.36. The zero-order valence-electron chi connectivity index (χ0n) is 11.2. The molecule has 2 nitrogen and oxygen atoms in total. The van der Waals surface area contributed by atoms with Gasteiger partial charge in [-0.3, -0.25) is 0 Å². The van der Waals surface area contributed by atoms with Crippen molar-refractivity contribution in [3.05, 3.63) is 35.6 Å². The Balaban J connectivity index is 2.18. The Bertz CT molecular complexity index is 383. The molecular weight excluding hydrogens is 229 g/mol. The molecule has 3 heteroatoms. The summed E-state index contributed by atoms with van der Waals surface area (Å²) in [7, 11) is 0. The fraction of sp³-hybridized carbons (Fsp3) is 0.600. The van der Waals surface area contributed by atoms with Gasteiger partial charge in [-0.2, -0.15) is 0 Å². The minimum Gasteiger partial charge on any atom is -0.378 e. The lowest BCUT2D eigenvalue weighted by Gasteiger charge is -2.27. The summed E-state index contributed by atoms with van der Waals surface area (Å²) in [4.78, 5) is 0. The third-order valence-corrected chi connectivity index (χ3v) is 3.69. The molecule has 1 aromatic carbocycles. The lowest BCUT2D eigenvalue weighted by Crippen LogP contribution is -2.32. The number of benzene rings is 1. The Morgan fingerprint density at radius 3 is 2.94 bits per heavy atom. The van der Waals surface area contributed by atoms with E-state index in [1.807, 2.05) is 6.07 Å². The van der Waals surface area contributed by atoms with Crippen molar-refractivity contribution in [2.24, 2.45) is 5.92 Å². The van der Waals surface area contributed by atoms with E-state index in [4.69, 9.17) is 4.74 Å². The van der Waals surface area contributed by atoms with E-state index in [9.17, 15) is 4.39 Å². The van der Waals surface area contributed by atoms with Crippen LogP contribution in [0.4, 0.5) is 4.39 Å². The van der Waals surface area contributed by atoms with Gasteiger partial charge in [-0.15, -0.1) is 0 Å². The van der Waals surface area contributed by atoms with Crippen LogP contribution in [0.2, 0.25) is 0 Å². The fourth-order valence-electron chi connectivity index (χ4n) is 2.70. The lowest BCUT2D eigenvalue weighted by molar-refractivity contribution is 0.0953. The predicted molar refractivity (Wildman–Crippen MR) is 71.0 cm³/mol. The maximum absolute atomic E-state index is 13.4. The molecule has 1 fully saturated rings. The topological polar surface area (TPSA) is 21.3 Å². The van der Waals surface area contributed by atoms with Crippen LogP contribution in [0.5, 0.6) is 0 Å². The third kappa shape index (κ3) is 3.09. The molecule has 3 unspecified atom stereocenters. The molecule has 0 saturated carbocycles. The molecule has 2 rings (SSSR count). The highest BCUT2D eigenvalue weighted by molar-refractivity contribution is 5.21. The van der Waals surface area contributed by atoms with Crippen molar-refractivity contribution in [3.63, 3.8) is 0 Å². The van der Waals surface area contributed by atoms with E-state index in [0.717, 1.165) is 31.6 Å². The predicted octanol–water partition coefficient (Wildman–Crippen LogP) is 3.29. The fourth-order valence-corrected chi connectivity index (χ4v) is 2.70. The standard InChI is InChI=1S/C15H22FNO/c1-3-8-17-15(14-7-9-18-11(14)2)12-5-4-6-13(16)10-12/h4-6,10-11,14-15,17H,3,7-9H2,1-2H3. The molecule has 1 aliphatic rings. The van der Waals surface area contributed by atoms with Gasteiger partial charge in [0.15, 0.2) is 0 Å². The minimum atomic E-state index is -0.164. The number of rotatable bonds is 5. The van der Waals surface area contributed by atoms with E-state index in [1.165, 1.54) is 6.07 Å². The highest BCUT2D eigenvalue weighted by atomic mass is 19.1. The van der Waals surface area contributed by atoms with E-state index < -0.39 is 0 Å². The van der Waals surface area contributed by atoms with E-state index in [-0.39, 0.29) is 18.0 Å². The minimum absolute atomic E-state index is 0.164. The van der Waals surface area contributed by atoms with E-state index >= 15 is 0 Å². The van der Waals surface area contributed by atoms with Crippen LogP contribution in [-0.4, -0.2) is 19.3 Å². The van der Waals surface area contributed by atoms with Crippen molar-refractivity contribution >= 4 is 0 Å². The molecule has 1 aromatic rings. The van der Waals surface area contributed by atoms with Crippen molar-refractivity contribution in [2.75, 3.05) is 13.2 Å². The van der Waals surface area contributed by atoms with Crippen molar-refractivity contribution in [2.45, 2.75) is 38.8 Å². The Hall–Kier alpha value is -0.930. The molecule has 0 aliphatic carbocycles. The molecular formula is C15H22FNO. The first kappa shape index (κ1) is 13.5. The SMILES string of the molecule is CCCNC(c1cccc(F)c1)C1CCOC1C. The maximum Gasteiger partial charge on any atom is 0.123 e. The molecule has 0 radical (unpaired) electrons. The average molecular weight is 251 g/mol. The molecule has 1 saturated heterocycles. The van der Waals surface area contributed by atoms with Crippen LogP contribution in [0.1, 0.15) is 38.3 Å². The van der Waals surface area contributed by atoms with Gasteiger partial charge in [-0.25, -0.2) is 4.39 Å². The van der Waals surface area contributed by atoms with Gasteiger partial charge >= 0.3 is 0 Å². The average Bonchev–Trinajstić information content (AvgIpc) is 2.77. The Morgan fingerprint density at radius 2 is 2.33 bits per heavy atom. The quantitative estimate of drug-likeness (QED) is 0.867. The van der Waals surface area contributed by atoms with Gasteiger partial charge in [0, 0.05) is 18.6 Å². The second-order valence-electron chi connectivity index (χ2n) is 5.02. The van der Waals surface area contributed by atoms with E-state index in [2.05, 4.69) is 19.2 Å². The first-order valence-corrected chi connectivity index (χ1v) is 6.83. The monoisotopic (exact) mass is 251 g/mol. The molecule has 0 amide bonds. The number of hydrogen-bond acceptors (Lipinski definition) is 2. The highest BCUT2D eigenvalue weighted by Crippen LogP contribution is 2.33. The molecule has 1 aliphatic heterocycles. The van der Waals surface area contributed by atoms with Crippen molar-refractivity contribution < 1.29 is 9.13 Å². The molecule has 1 N–H and O–H groups in total. The van der Waals surface area contributed by atoms with Crippen LogP contribution in [0.25, 0.3) is 0 Å². The second-order valence-corrected chi connectivity index (χ2v) is 5.02. The number of ether oxygens (including phenoxy) is 1. The Kier molecular flexibility index (Phi) is 4.72. The van der Waals surface area contributed by atoms with Crippen LogP contribution in [0.3, 0.4) is 0 Å². The number of hydrogen-bond donors (Lipinski definition) is 1. The smallest absolute Gasteiger partial charge is 0.123 e. The zero-order valence-corrected chi connectivity index (χ0v) is 11.2. The summed E-state index contributed by atoms with van der Waals surface area (Å²) in [5.41, 5.74) is 1.03. The summed E-state index contributed by atoms with van der Waals surface area (Å²) >= 11 is 0. The highest BCUT2D eigenvalue weighted by Gasteiger charge is 2.32. The Morgan fingerprint density at radius 1 is 1.50 bits per heavy atom. The van der Waals surface area contributed by atoms with Gasteiger partial charge in [0.25, 0.3) is 0 Å². The van der Waals surface area contributed by atoms with Crippen LogP contribution in [-0.2, 0) is 4.74 Å². The summed E-state index contributed by atoms with van der Waals surface area (Å²) in [6, 6.07) is 7.11. The van der Waals surface area contributed by atoms with Gasteiger partial charge in [0.1, 0.15) is 5.82 Å². The van der Waals surface area contributed by atoms with Gasteiger partial charge in [-0.1, -0.05) is 19.1 Å². The molecule has 0 spiro atoms. The summed E-state index contributed by atoms with van der Waals surface area (Å²) in [5, 5.41) is 3.54. The number of halogens is 1. The second kappa shape index (κ2) is 6.30. The largest absolute Gasteiger partial charge is 0.378 e. The summed E-state index contributed by atoms with van der Waals surface area (Å²) < 4.78 is 19.0. The third-order valence-electron chi connectivity index (χ3n) is 3.69. The molecule has 3 atom stereocenters. The molecule has 100 valence electrons. The number of nitrogens with one attached hydrogen (secondary N) is 1. The lowest BCUT2D eigenvalue weighted by atomic mass is 9.88. The van der Waals surface area contributed by atoms with E-state index in [1.54, 1.807) is 12.1 Å². The van der Waals surface area contributed by atoms with Gasteiger partial charge in [0.05, 0.1) is 6.10 Å². The van der Waals surface area contributed by atoms with Crippen molar-refractivity contribution in [3.8, 4) is 0 Å². The Labute approximate surface area is 109 Å². The molecule has 18 heavy (non-hydrogen) atoms. The zero-order chi connectivity index (χ0) is 13.0.